The Labute approximate surface area is 98.4 Å². The molecule has 0 aliphatic rings. The molecule has 0 aromatic carbocycles. The van der Waals surface area contributed by atoms with Crippen LogP contribution in [0.15, 0.2) is 0 Å². The molecule has 0 unspecified atom stereocenters. The minimum Gasteiger partial charge on any atom is -0.500 e. The minimum atomic E-state index is -1.84. The summed E-state index contributed by atoms with van der Waals surface area (Å²) in [5.41, 5.74) is 0. The molecule has 0 rings (SSSR count). The lowest BCUT2D eigenvalue weighted by Gasteiger charge is -2.33. The molecule has 0 saturated carbocycles. The van der Waals surface area contributed by atoms with Crippen LogP contribution in [0.4, 0.5) is 4.79 Å². The molecular weight excluding hydrogens is 224 g/mol. The Morgan fingerprint density at radius 2 is 1.88 bits per heavy atom. The highest BCUT2D eigenvalue weighted by Crippen LogP contribution is 2.36. The lowest BCUT2D eigenvalue weighted by atomic mass is 10.2. The maximum absolute atomic E-state index is 10.6. The zero-order valence-corrected chi connectivity index (χ0v) is 11.8. The van der Waals surface area contributed by atoms with Crippen LogP contribution in [0.3, 0.4) is 0 Å². The van der Waals surface area contributed by atoms with Crippen LogP contribution in [0.2, 0.25) is 18.1 Å². The Morgan fingerprint density at radius 3 is 2.31 bits per heavy atom. The summed E-state index contributed by atoms with van der Waals surface area (Å²) in [5.74, 6) is 2.62. The van der Waals surface area contributed by atoms with Gasteiger partial charge in [0, 0.05) is 0 Å². The van der Waals surface area contributed by atoms with Crippen LogP contribution in [0.25, 0.3) is 0 Å². The number of methoxy groups -OCH3 is 1. The third-order valence-electron chi connectivity index (χ3n) is 2.61. The van der Waals surface area contributed by atoms with Crippen LogP contribution in [-0.2, 0) is 13.9 Å². The van der Waals surface area contributed by atoms with E-state index in [1.165, 1.54) is 7.11 Å². The molecule has 0 fully saturated rings. The first-order chi connectivity index (χ1) is 7.20. The monoisotopic (exact) mass is 244 g/mol. The molecule has 0 radical (unpaired) electrons. The van der Waals surface area contributed by atoms with Gasteiger partial charge in [0.25, 0.3) is 8.32 Å². The van der Waals surface area contributed by atoms with Crippen molar-refractivity contribution in [1.82, 2.24) is 0 Å². The summed E-state index contributed by atoms with van der Waals surface area (Å²) in [6.45, 7) is 10.6. The van der Waals surface area contributed by atoms with Gasteiger partial charge in [0.1, 0.15) is 0 Å². The number of carbonyl (C=O) groups excluding carboxylic acids is 1. The van der Waals surface area contributed by atoms with E-state index >= 15 is 0 Å². The van der Waals surface area contributed by atoms with E-state index in [0.717, 1.165) is 0 Å². The maximum Gasteiger partial charge on any atom is 0.508 e. The van der Waals surface area contributed by atoms with Crippen molar-refractivity contribution < 1.29 is 18.7 Å². The van der Waals surface area contributed by atoms with Crippen molar-refractivity contribution in [2.75, 3.05) is 13.7 Å². The van der Waals surface area contributed by atoms with Gasteiger partial charge in [0.2, 0.25) is 0 Å². The molecule has 0 N–H and O–H groups in total. The second-order valence-electron chi connectivity index (χ2n) is 4.88. The first-order valence-corrected chi connectivity index (χ1v) is 7.98. The fourth-order valence-corrected chi connectivity index (χ4v) is 1.13. The Balaban J connectivity index is 4.06. The van der Waals surface area contributed by atoms with E-state index in [2.05, 4.69) is 55.4 Å². The SMILES string of the molecule is COC(=O)OCC#CO[Si](C)(C)C(C)(C)C. The van der Waals surface area contributed by atoms with Crippen molar-refractivity contribution in [2.45, 2.75) is 38.9 Å². The van der Waals surface area contributed by atoms with E-state index in [4.69, 9.17) is 4.43 Å². The summed E-state index contributed by atoms with van der Waals surface area (Å²) in [7, 11) is -0.584. The van der Waals surface area contributed by atoms with Gasteiger partial charge in [-0.3, -0.25) is 0 Å². The van der Waals surface area contributed by atoms with Crippen molar-refractivity contribution in [1.29, 1.82) is 0 Å². The van der Waals surface area contributed by atoms with Gasteiger partial charge in [-0.25, -0.2) is 4.79 Å². The summed E-state index contributed by atoms with van der Waals surface area (Å²) in [6.07, 6.45) is 1.86. The standard InChI is InChI=1S/C11H20O4Si/c1-11(2,3)16(5,6)15-9-7-8-14-10(12)13-4/h8H2,1-6H3. The zero-order valence-electron chi connectivity index (χ0n) is 10.8. The molecule has 0 atom stereocenters. The summed E-state index contributed by atoms with van der Waals surface area (Å²) in [6, 6.07) is 0. The van der Waals surface area contributed by atoms with Gasteiger partial charge in [0.15, 0.2) is 6.61 Å². The maximum atomic E-state index is 10.6. The molecule has 0 aliphatic carbocycles. The fourth-order valence-electron chi connectivity index (χ4n) is 0.500. The molecule has 0 saturated heterocycles. The van der Waals surface area contributed by atoms with E-state index in [0.29, 0.717) is 0 Å². The Morgan fingerprint density at radius 1 is 1.31 bits per heavy atom. The van der Waals surface area contributed by atoms with Crippen molar-refractivity contribution in [2.24, 2.45) is 0 Å². The highest BCUT2D eigenvalue weighted by Gasteiger charge is 2.38. The Kier molecular flexibility index (Phi) is 5.38. The fraction of sp³-hybridized carbons (Fsp3) is 0.727. The van der Waals surface area contributed by atoms with Crippen LogP contribution in [0.5, 0.6) is 0 Å². The highest BCUT2D eigenvalue weighted by atomic mass is 28.4. The van der Waals surface area contributed by atoms with Gasteiger partial charge in [-0.2, -0.15) is 0 Å². The second kappa shape index (κ2) is 5.80. The molecule has 4 nitrogen and oxygen atoms in total. The molecule has 0 aromatic heterocycles. The molecule has 0 bridgehead atoms. The normalized spacial score (nSPS) is 11.1. The largest absolute Gasteiger partial charge is 0.508 e. The van der Waals surface area contributed by atoms with E-state index in [-0.39, 0.29) is 11.6 Å². The first-order valence-electron chi connectivity index (χ1n) is 5.07. The predicted molar refractivity (Wildman–Crippen MR) is 64.4 cm³/mol. The molecule has 5 heteroatoms. The summed E-state index contributed by atoms with van der Waals surface area (Å²) < 4.78 is 14.4. The molecule has 0 spiro atoms. The van der Waals surface area contributed by atoms with Crippen molar-refractivity contribution in [3.63, 3.8) is 0 Å². The summed E-state index contributed by atoms with van der Waals surface area (Å²) in [5, 5.41) is 0.116. The molecule has 92 valence electrons. The average Bonchev–Trinajstić information content (AvgIpc) is 2.15. The predicted octanol–water partition coefficient (Wildman–Crippen LogP) is 2.75. The van der Waals surface area contributed by atoms with Crippen molar-refractivity contribution in [3.8, 4) is 12.0 Å². The minimum absolute atomic E-state index is 0.0126. The smallest absolute Gasteiger partial charge is 0.500 e. The van der Waals surface area contributed by atoms with Crippen LogP contribution in [0, 0.1) is 12.0 Å². The van der Waals surface area contributed by atoms with E-state index in [1.807, 2.05) is 0 Å². The Hall–Kier alpha value is -1.15. The lowest BCUT2D eigenvalue weighted by molar-refractivity contribution is 0.0832. The number of hydrogen-bond donors (Lipinski definition) is 0. The highest BCUT2D eigenvalue weighted by molar-refractivity contribution is 6.74. The van der Waals surface area contributed by atoms with Crippen molar-refractivity contribution >= 4 is 14.5 Å². The molecule has 0 aromatic rings. The number of rotatable bonds is 2. The van der Waals surface area contributed by atoms with Crippen LogP contribution in [0.1, 0.15) is 20.8 Å². The Bertz CT molecular complexity index is 293. The third kappa shape index (κ3) is 5.08. The summed E-state index contributed by atoms with van der Waals surface area (Å²) >= 11 is 0. The van der Waals surface area contributed by atoms with E-state index in [1.54, 1.807) is 0 Å². The number of hydrogen-bond acceptors (Lipinski definition) is 4. The molecule has 0 heterocycles. The first kappa shape index (κ1) is 14.8. The average molecular weight is 244 g/mol. The quantitative estimate of drug-likeness (QED) is 0.425. The van der Waals surface area contributed by atoms with Crippen LogP contribution < -0.4 is 0 Å². The topological polar surface area (TPSA) is 44.8 Å². The van der Waals surface area contributed by atoms with Gasteiger partial charge < -0.3 is 13.9 Å². The molecule has 0 aliphatic heterocycles. The van der Waals surface area contributed by atoms with Crippen LogP contribution >= 0.6 is 0 Å². The molecule has 0 amide bonds. The van der Waals surface area contributed by atoms with Gasteiger partial charge in [-0.15, -0.1) is 0 Å². The van der Waals surface area contributed by atoms with Gasteiger partial charge in [-0.1, -0.05) is 20.8 Å². The molecule has 16 heavy (non-hydrogen) atoms. The van der Waals surface area contributed by atoms with Crippen molar-refractivity contribution in [3.05, 3.63) is 0 Å². The third-order valence-corrected chi connectivity index (χ3v) is 6.84. The number of carbonyl (C=O) groups is 1. The number of ether oxygens (including phenoxy) is 2. The summed E-state index contributed by atoms with van der Waals surface area (Å²) in [4.78, 5) is 10.6. The van der Waals surface area contributed by atoms with Gasteiger partial charge >= 0.3 is 6.16 Å². The molecular formula is C11H20O4Si. The van der Waals surface area contributed by atoms with Crippen LogP contribution in [-0.4, -0.2) is 28.2 Å². The van der Waals surface area contributed by atoms with Gasteiger partial charge in [0.05, 0.1) is 13.2 Å². The lowest BCUT2D eigenvalue weighted by Crippen LogP contribution is -2.39. The zero-order chi connectivity index (χ0) is 12.8. The second-order valence-corrected chi connectivity index (χ2v) is 9.61. The van der Waals surface area contributed by atoms with E-state index in [9.17, 15) is 4.79 Å². The van der Waals surface area contributed by atoms with Gasteiger partial charge in [-0.05, 0) is 24.1 Å². The van der Waals surface area contributed by atoms with E-state index < -0.39 is 14.5 Å².